The van der Waals surface area contributed by atoms with Crippen LogP contribution in [0.1, 0.15) is 6.42 Å². The Bertz CT molecular complexity index is 306. The standard InChI is InChI=1S/C8H15N5O/c1-13-7(4-10-12-13)11-8(2-3-14)5-9-6-8/h4,9,11,14H,2-3,5-6H2,1H3. The molecule has 2 heterocycles. The van der Waals surface area contributed by atoms with Crippen molar-refractivity contribution in [3.63, 3.8) is 0 Å². The van der Waals surface area contributed by atoms with E-state index in [0.717, 1.165) is 25.3 Å². The van der Waals surface area contributed by atoms with Crippen molar-refractivity contribution in [3.05, 3.63) is 6.20 Å². The summed E-state index contributed by atoms with van der Waals surface area (Å²) in [6, 6.07) is 0. The summed E-state index contributed by atoms with van der Waals surface area (Å²) in [5.74, 6) is 0.889. The predicted molar refractivity (Wildman–Crippen MR) is 51.9 cm³/mol. The molecule has 1 aromatic heterocycles. The molecule has 0 aliphatic carbocycles. The summed E-state index contributed by atoms with van der Waals surface area (Å²) in [5.41, 5.74) is -0.0236. The quantitative estimate of drug-likeness (QED) is 0.574. The highest BCUT2D eigenvalue weighted by atomic mass is 16.3. The second-order valence-electron chi connectivity index (χ2n) is 3.73. The van der Waals surface area contributed by atoms with Gasteiger partial charge in [0.2, 0.25) is 0 Å². The first-order valence-corrected chi connectivity index (χ1v) is 4.70. The molecule has 3 N–H and O–H groups in total. The number of nitrogens with zero attached hydrogens (tertiary/aromatic N) is 3. The van der Waals surface area contributed by atoms with Gasteiger partial charge in [-0.05, 0) is 6.42 Å². The molecule has 1 aliphatic rings. The third-order valence-corrected chi connectivity index (χ3v) is 2.62. The number of hydrogen-bond acceptors (Lipinski definition) is 5. The van der Waals surface area contributed by atoms with Gasteiger partial charge >= 0.3 is 0 Å². The smallest absolute Gasteiger partial charge is 0.145 e. The molecule has 0 atom stereocenters. The topological polar surface area (TPSA) is 75.0 Å². The first-order chi connectivity index (χ1) is 6.76. The summed E-state index contributed by atoms with van der Waals surface area (Å²) in [6.07, 6.45) is 2.43. The van der Waals surface area contributed by atoms with Crippen LogP contribution in [0, 0.1) is 0 Å². The molecule has 0 spiro atoms. The van der Waals surface area contributed by atoms with E-state index in [1.54, 1.807) is 10.9 Å². The Hall–Kier alpha value is -1.14. The van der Waals surface area contributed by atoms with Crippen LogP contribution in [0.3, 0.4) is 0 Å². The number of rotatable bonds is 4. The Morgan fingerprint density at radius 3 is 2.93 bits per heavy atom. The monoisotopic (exact) mass is 197 g/mol. The van der Waals surface area contributed by atoms with Crippen LogP contribution < -0.4 is 10.6 Å². The van der Waals surface area contributed by atoms with E-state index in [9.17, 15) is 0 Å². The Morgan fingerprint density at radius 1 is 1.71 bits per heavy atom. The number of nitrogens with one attached hydrogen (secondary N) is 2. The maximum atomic E-state index is 8.96. The largest absolute Gasteiger partial charge is 0.396 e. The minimum atomic E-state index is -0.0236. The van der Waals surface area contributed by atoms with Crippen LogP contribution in [0.15, 0.2) is 6.20 Å². The zero-order valence-corrected chi connectivity index (χ0v) is 8.19. The van der Waals surface area contributed by atoms with E-state index in [1.807, 2.05) is 7.05 Å². The summed E-state index contributed by atoms with van der Waals surface area (Å²) in [7, 11) is 1.84. The van der Waals surface area contributed by atoms with Crippen molar-refractivity contribution < 1.29 is 5.11 Å². The van der Waals surface area contributed by atoms with Gasteiger partial charge in [-0.15, -0.1) is 5.10 Å². The van der Waals surface area contributed by atoms with Crippen molar-refractivity contribution in [2.24, 2.45) is 7.05 Å². The zero-order valence-electron chi connectivity index (χ0n) is 8.19. The lowest BCUT2D eigenvalue weighted by atomic mass is 9.89. The number of anilines is 1. The second-order valence-corrected chi connectivity index (χ2v) is 3.73. The van der Waals surface area contributed by atoms with E-state index in [0.29, 0.717) is 0 Å². The van der Waals surface area contributed by atoms with E-state index in [4.69, 9.17) is 5.11 Å². The molecular formula is C8H15N5O. The van der Waals surface area contributed by atoms with Gasteiger partial charge in [-0.25, -0.2) is 4.68 Å². The van der Waals surface area contributed by atoms with Gasteiger partial charge in [0, 0.05) is 26.7 Å². The van der Waals surface area contributed by atoms with Crippen LogP contribution in [-0.2, 0) is 7.05 Å². The second kappa shape index (κ2) is 3.55. The summed E-state index contributed by atoms with van der Waals surface area (Å²) < 4.78 is 1.69. The van der Waals surface area contributed by atoms with Gasteiger partial charge in [0.05, 0.1) is 11.7 Å². The predicted octanol–water partition coefficient (Wildman–Crippen LogP) is -1.05. The lowest BCUT2D eigenvalue weighted by molar-refractivity contribution is 0.206. The van der Waals surface area contributed by atoms with Crippen LogP contribution in [0.25, 0.3) is 0 Å². The fourth-order valence-electron chi connectivity index (χ4n) is 1.64. The molecule has 1 aliphatic heterocycles. The van der Waals surface area contributed by atoms with Crippen LogP contribution in [-0.4, -0.2) is 45.3 Å². The van der Waals surface area contributed by atoms with E-state index in [1.165, 1.54) is 0 Å². The van der Waals surface area contributed by atoms with Gasteiger partial charge in [0.15, 0.2) is 0 Å². The number of hydrogen-bond donors (Lipinski definition) is 3. The van der Waals surface area contributed by atoms with Crippen molar-refractivity contribution in [2.75, 3.05) is 25.0 Å². The molecule has 2 rings (SSSR count). The van der Waals surface area contributed by atoms with Crippen LogP contribution in [0.2, 0.25) is 0 Å². The van der Waals surface area contributed by atoms with Gasteiger partial charge < -0.3 is 15.7 Å². The lowest BCUT2D eigenvalue weighted by Crippen LogP contribution is -2.64. The van der Waals surface area contributed by atoms with E-state index >= 15 is 0 Å². The highest BCUT2D eigenvalue weighted by Crippen LogP contribution is 2.21. The molecule has 0 unspecified atom stereocenters. The maximum absolute atomic E-state index is 8.96. The fraction of sp³-hybridized carbons (Fsp3) is 0.750. The zero-order chi connectivity index (χ0) is 10.0. The molecule has 0 bridgehead atoms. The molecule has 0 aromatic carbocycles. The lowest BCUT2D eigenvalue weighted by Gasteiger charge is -2.43. The van der Waals surface area contributed by atoms with Gasteiger partial charge in [-0.1, -0.05) is 5.21 Å². The molecule has 0 saturated carbocycles. The normalized spacial score (nSPS) is 19.0. The number of aliphatic hydroxyl groups is 1. The number of aromatic nitrogens is 3. The van der Waals surface area contributed by atoms with Crippen molar-refractivity contribution in [1.82, 2.24) is 20.3 Å². The third kappa shape index (κ3) is 1.58. The summed E-state index contributed by atoms with van der Waals surface area (Å²) in [5, 5.41) is 23.1. The summed E-state index contributed by atoms with van der Waals surface area (Å²) >= 11 is 0. The Kier molecular flexibility index (Phi) is 2.39. The minimum absolute atomic E-state index is 0.0236. The SMILES string of the molecule is Cn1nncc1NC1(CCO)CNC1. The molecule has 14 heavy (non-hydrogen) atoms. The molecule has 1 saturated heterocycles. The van der Waals surface area contributed by atoms with E-state index in [2.05, 4.69) is 20.9 Å². The third-order valence-electron chi connectivity index (χ3n) is 2.62. The highest BCUT2D eigenvalue weighted by molar-refractivity contribution is 5.37. The van der Waals surface area contributed by atoms with Crippen molar-refractivity contribution in [1.29, 1.82) is 0 Å². The Morgan fingerprint density at radius 2 is 2.50 bits per heavy atom. The first-order valence-electron chi connectivity index (χ1n) is 4.70. The molecular weight excluding hydrogens is 182 g/mol. The van der Waals surface area contributed by atoms with Crippen molar-refractivity contribution in [2.45, 2.75) is 12.0 Å². The molecule has 78 valence electrons. The van der Waals surface area contributed by atoms with Gasteiger partial charge in [0.25, 0.3) is 0 Å². The first kappa shape index (κ1) is 9.42. The molecule has 0 amide bonds. The van der Waals surface area contributed by atoms with E-state index in [-0.39, 0.29) is 12.1 Å². The molecule has 6 nitrogen and oxygen atoms in total. The van der Waals surface area contributed by atoms with Gasteiger partial charge in [0.1, 0.15) is 5.82 Å². The number of aryl methyl sites for hydroxylation is 1. The minimum Gasteiger partial charge on any atom is -0.396 e. The van der Waals surface area contributed by atoms with Crippen LogP contribution in [0.4, 0.5) is 5.82 Å². The average molecular weight is 197 g/mol. The average Bonchev–Trinajstić information content (AvgIpc) is 2.48. The summed E-state index contributed by atoms with van der Waals surface area (Å²) in [4.78, 5) is 0. The molecule has 1 fully saturated rings. The maximum Gasteiger partial charge on any atom is 0.145 e. The van der Waals surface area contributed by atoms with E-state index < -0.39 is 0 Å². The highest BCUT2D eigenvalue weighted by Gasteiger charge is 2.36. The van der Waals surface area contributed by atoms with Crippen LogP contribution in [0.5, 0.6) is 0 Å². The van der Waals surface area contributed by atoms with Crippen molar-refractivity contribution in [3.8, 4) is 0 Å². The number of aliphatic hydroxyl groups excluding tert-OH is 1. The van der Waals surface area contributed by atoms with Crippen molar-refractivity contribution >= 4 is 5.82 Å². The summed E-state index contributed by atoms with van der Waals surface area (Å²) in [6.45, 7) is 1.94. The Balaban J connectivity index is 2.05. The van der Waals surface area contributed by atoms with Crippen LogP contribution >= 0.6 is 0 Å². The molecule has 0 radical (unpaired) electrons. The van der Waals surface area contributed by atoms with Gasteiger partial charge in [-0.3, -0.25) is 0 Å². The fourth-order valence-corrected chi connectivity index (χ4v) is 1.64. The molecule has 6 heteroatoms. The van der Waals surface area contributed by atoms with Gasteiger partial charge in [-0.2, -0.15) is 0 Å². The Labute approximate surface area is 82.3 Å². The molecule has 1 aromatic rings.